The van der Waals surface area contributed by atoms with E-state index in [-0.39, 0.29) is 5.41 Å². The van der Waals surface area contributed by atoms with Gasteiger partial charge in [0.2, 0.25) is 0 Å². The van der Waals surface area contributed by atoms with Crippen molar-refractivity contribution in [2.45, 2.75) is 39.5 Å². The van der Waals surface area contributed by atoms with Crippen LogP contribution in [-0.2, 0) is 11.8 Å². The van der Waals surface area contributed by atoms with Gasteiger partial charge in [-0.1, -0.05) is 27.7 Å². The third-order valence-corrected chi connectivity index (χ3v) is 2.98. The summed E-state index contributed by atoms with van der Waals surface area (Å²) in [6, 6.07) is 5.88. The molecule has 2 heterocycles. The van der Waals surface area contributed by atoms with Gasteiger partial charge in [-0.3, -0.25) is 0 Å². The Morgan fingerprint density at radius 3 is 2.47 bits per heavy atom. The topological polar surface area (TPSA) is 51.0 Å². The SMILES string of the molecule is CCc1ccc(-c2nc(NC)cc(C(C)(C)C)n2)o1. The molecule has 4 heteroatoms. The molecule has 0 atom stereocenters. The maximum atomic E-state index is 5.73. The Kier molecular flexibility index (Phi) is 3.60. The second kappa shape index (κ2) is 5.03. The first-order chi connectivity index (χ1) is 8.94. The number of rotatable bonds is 3. The van der Waals surface area contributed by atoms with Crippen LogP contribution in [0.3, 0.4) is 0 Å². The van der Waals surface area contributed by atoms with Gasteiger partial charge in [0.05, 0.1) is 5.69 Å². The number of hydrogen-bond donors (Lipinski definition) is 1. The maximum absolute atomic E-state index is 5.73. The van der Waals surface area contributed by atoms with Gasteiger partial charge in [0, 0.05) is 24.9 Å². The predicted molar refractivity (Wildman–Crippen MR) is 77.4 cm³/mol. The van der Waals surface area contributed by atoms with Crippen molar-refractivity contribution < 1.29 is 4.42 Å². The highest BCUT2D eigenvalue weighted by Crippen LogP contribution is 2.26. The summed E-state index contributed by atoms with van der Waals surface area (Å²) in [5.41, 5.74) is 0.972. The number of furan rings is 1. The summed E-state index contributed by atoms with van der Waals surface area (Å²) in [5.74, 6) is 3.12. The molecule has 0 bridgehead atoms. The first-order valence-electron chi connectivity index (χ1n) is 6.60. The summed E-state index contributed by atoms with van der Waals surface area (Å²) in [5, 5.41) is 3.08. The van der Waals surface area contributed by atoms with Crippen molar-refractivity contribution in [3.8, 4) is 11.6 Å². The Labute approximate surface area is 114 Å². The Bertz CT molecular complexity index is 567. The zero-order chi connectivity index (χ0) is 14.0. The zero-order valence-corrected chi connectivity index (χ0v) is 12.2. The molecule has 0 aliphatic carbocycles. The van der Waals surface area contributed by atoms with Gasteiger partial charge in [-0.2, -0.15) is 0 Å². The molecule has 2 aromatic heterocycles. The molecule has 0 aliphatic heterocycles. The van der Waals surface area contributed by atoms with Crippen LogP contribution in [0.4, 0.5) is 5.82 Å². The van der Waals surface area contributed by atoms with Crippen LogP contribution in [0.2, 0.25) is 0 Å². The van der Waals surface area contributed by atoms with E-state index < -0.39 is 0 Å². The summed E-state index contributed by atoms with van der Waals surface area (Å²) in [4.78, 5) is 9.09. The quantitative estimate of drug-likeness (QED) is 0.914. The molecule has 19 heavy (non-hydrogen) atoms. The van der Waals surface area contributed by atoms with Crippen LogP contribution in [-0.4, -0.2) is 17.0 Å². The molecule has 0 aromatic carbocycles. The monoisotopic (exact) mass is 259 g/mol. The van der Waals surface area contributed by atoms with Crippen LogP contribution < -0.4 is 5.32 Å². The second-order valence-electron chi connectivity index (χ2n) is 5.58. The fourth-order valence-electron chi connectivity index (χ4n) is 1.76. The highest BCUT2D eigenvalue weighted by Gasteiger charge is 2.19. The zero-order valence-electron chi connectivity index (χ0n) is 12.2. The number of aromatic nitrogens is 2. The molecule has 0 amide bonds. The fraction of sp³-hybridized carbons (Fsp3) is 0.467. The average Bonchev–Trinajstić information content (AvgIpc) is 2.86. The molecular weight excluding hydrogens is 238 g/mol. The molecule has 0 saturated heterocycles. The van der Waals surface area contributed by atoms with Crippen LogP contribution in [0.15, 0.2) is 22.6 Å². The highest BCUT2D eigenvalue weighted by molar-refractivity contribution is 5.52. The average molecular weight is 259 g/mol. The van der Waals surface area contributed by atoms with E-state index in [0.717, 1.165) is 29.5 Å². The Morgan fingerprint density at radius 1 is 1.21 bits per heavy atom. The molecule has 0 saturated carbocycles. The molecule has 0 fully saturated rings. The normalized spacial score (nSPS) is 11.6. The number of hydrogen-bond acceptors (Lipinski definition) is 4. The number of nitrogens with one attached hydrogen (secondary N) is 1. The van der Waals surface area contributed by atoms with E-state index in [1.165, 1.54) is 0 Å². The lowest BCUT2D eigenvalue weighted by Crippen LogP contribution is -2.15. The van der Waals surface area contributed by atoms with Crippen LogP contribution in [0, 0.1) is 0 Å². The van der Waals surface area contributed by atoms with E-state index in [1.54, 1.807) is 0 Å². The molecule has 2 aromatic rings. The van der Waals surface area contributed by atoms with Gasteiger partial charge in [0.15, 0.2) is 11.6 Å². The lowest BCUT2D eigenvalue weighted by atomic mass is 9.92. The summed E-state index contributed by atoms with van der Waals surface area (Å²) in [6.45, 7) is 8.47. The van der Waals surface area contributed by atoms with E-state index in [1.807, 2.05) is 25.2 Å². The fourth-order valence-corrected chi connectivity index (χ4v) is 1.76. The van der Waals surface area contributed by atoms with E-state index in [2.05, 4.69) is 43.0 Å². The first-order valence-corrected chi connectivity index (χ1v) is 6.60. The Hall–Kier alpha value is -1.84. The van der Waals surface area contributed by atoms with Gasteiger partial charge in [-0.15, -0.1) is 0 Å². The summed E-state index contributed by atoms with van der Waals surface area (Å²) < 4.78 is 5.73. The van der Waals surface area contributed by atoms with E-state index >= 15 is 0 Å². The van der Waals surface area contributed by atoms with Crippen molar-refractivity contribution in [1.82, 2.24) is 9.97 Å². The van der Waals surface area contributed by atoms with Crippen molar-refractivity contribution in [2.24, 2.45) is 0 Å². The summed E-state index contributed by atoms with van der Waals surface area (Å²) in [7, 11) is 1.86. The third kappa shape index (κ3) is 2.95. The van der Waals surface area contributed by atoms with Gasteiger partial charge >= 0.3 is 0 Å². The maximum Gasteiger partial charge on any atom is 0.197 e. The molecule has 102 valence electrons. The number of anilines is 1. The molecule has 0 spiro atoms. The van der Waals surface area contributed by atoms with Gasteiger partial charge in [0.25, 0.3) is 0 Å². The number of nitrogens with zero attached hydrogens (tertiary/aromatic N) is 2. The molecule has 0 aliphatic rings. The summed E-state index contributed by atoms with van der Waals surface area (Å²) in [6.07, 6.45) is 0.873. The van der Waals surface area contributed by atoms with Crippen LogP contribution >= 0.6 is 0 Å². The molecule has 4 nitrogen and oxygen atoms in total. The highest BCUT2D eigenvalue weighted by atomic mass is 16.3. The van der Waals surface area contributed by atoms with Crippen molar-refractivity contribution in [3.63, 3.8) is 0 Å². The van der Waals surface area contributed by atoms with Crippen LogP contribution in [0.1, 0.15) is 39.1 Å². The molecule has 1 N–H and O–H groups in total. The third-order valence-electron chi connectivity index (χ3n) is 2.98. The van der Waals surface area contributed by atoms with Gasteiger partial charge in [-0.25, -0.2) is 9.97 Å². The van der Waals surface area contributed by atoms with Crippen molar-refractivity contribution in [2.75, 3.05) is 12.4 Å². The Balaban J connectivity index is 2.50. The molecule has 0 unspecified atom stereocenters. The predicted octanol–water partition coefficient (Wildman–Crippen LogP) is 3.64. The second-order valence-corrected chi connectivity index (χ2v) is 5.58. The minimum Gasteiger partial charge on any atom is -0.458 e. The van der Waals surface area contributed by atoms with Gasteiger partial charge < -0.3 is 9.73 Å². The molecule has 0 radical (unpaired) electrons. The molecule has 2 rings (SSSR count). The minimum atomic E-state index is -0.0243. The molecular formula is C15H21N3O. The first kappa shape index (κ1) is 13.6. The van der Waals surface area contributed by atoms with Crippen molar-refractivity contribution >= 4 is 5.82 Å². The smallest absolute Gasteiger partial charge is 0.197 e. The van der Waals surface area contributed by atoms with Crippen LogP contribution in [0.5, 0.6) is 0 Å². The van der Waals surface area contributed by atoms with Gasteiger partial charge in [0.1, 0.15) is 11.6 Å². The lowest BCUT2D eigenvalue weighted by Gasteiger charge is -2.18. The summed E-state index contributed by atoms with van der Waals surface area (Å²) >= 11 is 0. The van der Waals surface area contributed by atoms with E-state index in [4.69, 9.17) is 4.42 Å². The van der Waals surface area contributed by atoms with Gasteiger partial charge in [-0.05, 0) is 12.1 Å². The lowest BCUT2D eigenvalue weighted by molar-refractivity contribution is 0.522. The Morgan fingerprint density at radius 2 is 1.95 bits per heavy atom. The van der Waals surface area contributed by atoms with Crippen LogP contribution in [0.25, 0.3) is 11.6 Å². The van der Waals surface area contributed by atoms with Crippen molar-refractivity contribution in [3.05, 3.63) is 29.7 Å². The van der Waals surface area contributed by atoms with E-state index in [0.29, 0.717) is 5.82 Å². The largest absolute Gasteiger partial charge is 0.458 e. The van der Waals surface area contributed by atoms with E-state index in [9.17, 15) is 0 Å². The standard InChI is InChI=1S/C15H21N3O/c1-6-10-7-8-11(19-10)14-17-12(15(2,3)4)9-13(16-5)18-14/h7-9H,6H2,1-5H3,(H,16,17,18). The van der Waals surface area contributed by atoms with Crippen molar-refractivity contribution in [1.29, 1.82) is 0 Å². The number of aryl methyl sites for hydroxylation is 1. The minimum absolute atomic E-state index is 0.0243.